The maximum atomic E-state index is 13.1. The van der Waals surface area contributed by atoms with Crippen molar-refractivity contribution in [1.29, 1.82) is 0 Å². The minimum absolute atomic E-state index is 0.0150. The number of hydrogen-bond donors (Lipinski definition) is 2. The lowest BCUT2D eigenvalue weighted by Gasteiger charge is -2.37. The highest BCUT2D eigenvalue weighted by Crippen LogP contribution is 2.49. The van der Waals surface area contributed by atoms with E-state index < -0.39 is 5.41 Å². The highest BCUT2D eigenvalue weighted by Gasteiger charge is 2.52. The molecule has 6 nitrogen and oxygen atoms in total. The van der Waals surface area contributed by atoms with Crippen molar-refractivity contribution in [1.82, 2.24) is 15.1 Å². The van der Waals surface area contributed by atoms with Gasteiger partial charge in [-0.05, 0) is 29.1 Å². The number of H-pyrrole nitrogens is 1. The number of nitrogens with one attached hydrogen (secondary N) is 1. The number of aliphatic hydroxyl groups excluding tert-OH is 1. The first-order valence-electron chi connectivity index (χ1n) is 8.90. The summed E-state index contributed by atoms with van der Waals surface area (Å²) in [4.78, 5) is 14.9. The minimum Gasteiger partial charge on any atom is -0.493 e. The van der Waals surface area contributed by atoms with Gasteiger partial charge >= 0.3 is 0 Å². The molecule has 2 atom stereocenters. The molecule has 2 N–H and O–H groups in total. The van der Waals surface area contributed by atoms with Gasteiger partial charge in [0.1, 0.15) is 11.4 Å². The van der Waals surface area contributed by atoms with Gasteiger partial charge < -0.3 is 14.7 Å². The van der Waals surface area contributed by atoms with E-state index in [1.807, 2.05) is 41.1 Å². The highest BCUT2D eigenvalue weighted by molar-refractivity contribution is 7.08. The molecule has 138 valence electrons. The number of rotatable bonds is 3. The van der Waals surface area contributed by atoms with Crippen LogP contribution in [0.25, 0.3) is 11.3 Å². The van der Waals surface area contributed by atoms with Crippen LogP contribution in [0, 0.1) is 5.41 Å². The molecule has 5 rings (SSSR count). The van der Waals surface area contributed by atoms with Gasteiger partial charge in [-0.2, -0.15) is 16.4 Å². The standard InChI is InChI=1S/C20H19N3O3S/c24-11-20-10-23(8-15(20)14-3-1-2-4-18(14)26-12-20)19(25)17-7-16(21-22-17)13-5-6-27-9-13/h1-7,9,15,24H,8,10-12H2,(H,21,22)/t15-,20-/m0/s1. The zero-order chi connectivity index (χ0) is 18.4. The van der Waals surface area contributed by atoms with Crippen LogP contribution in [0.2, 0.25) is 0 Å². The van der Waals surface area contributed by atoms with Crippen LogP contribution in [0.1, 0.15) is 22.0 Å². The zero-order valence-corrected chi connectivity index (χ0v) is 15.4. The molecule has 1 aromatic carbocycles. The fraction of sp³-hybridized carbons (Fsp3) is 0.300. The first kappa shape index (κ1) is 16.5. The average Bonchev–Trinajstić information content (AvgIpc) is 3.46. The number of nitrogens with zero attached hydrogens (tertiary/aromatic N) is 2. The minimum atomic E-state index is -0.458. The Kier molecular flexibility index (Phi) is 3.80. The molecule has 0 radical (unpaired) electrons. The van der Waals surface area contributed by atoms with Crippen molar-refractivity contribution in [2.75, 3.05) is 26.3 Å². The summed E-state index contributed by atoms with van der Waals surface area (Å²) in [5.41, 5.74) is 2.84. The highest BCUT2D eigenvalue weighted by atomic mass is 32.1. The summed E-state index contributed by atoms with van der Waals surface area (Å²) in [5.74, 6) is 0.821. The summed E-state index contributed by atoms with van der Waals surface area (Å²) >= 11 is 1.60. The number of amides is 1. The number of para-hydroxylation sites is 1. The summed E-state index contributed by atoms with van der Waals surface area (Å²) in [5, 5.41) is 21.3. The summed E-state index contributed by atoms with van der Waals surface area (Å²) < 4.78 is 5.90. The Morgan fingerprint density at radius 2 is 2.30 bits per heavy atom. The average molecular weight is 381 g/mol. The summed E-state index contributed by atoms with van der Waals surface area (Å²) in [6.07, 6.45) is 0. The fourth-order valence-electron chi connectivity index (χ4n) is 4.18. The lowest BCUT2D eigenvalue weighted by Crippen LogP contribution is -2.42. The molecule has 1 amide bonds. The normalized spacial score (nSPS) is 23.6. The summed E-state index contributed by atoms with van der Waals surface area (Å²) in [6, 6.07) is 11.7. The third kappa shape index (κ3) is 2.57. The van der Waals surface area contributed by atoms with Gasteiger partial charge in [0.25, 0.3) is 5.91 Å². The van der Waals surface area contributed by atoms with E-state index in [4.69, 9.17) is 4.74 Å². The first-order valence-corrected chi connectivity index (χ1v) is 9.84. The molecule has 0 bridgehead atoms. The number of aliphatic hydroxyl groups is 1. The maximum Gasteiger partial charge on any atom is 0.271 e. The summed E-state index contributed by atoms with van der Waals surface area (Å²) in [7, 11) is 0. The molecule has 2 aromatic heterocycles. The SMILES string of the molecule is O=C(c1cc(-c2ccsc2)n[nH]1)N1C[C@H]2c3ccccc3OC[C@@]2(CO)C1. The molecule has 3 aromatic rings. The van der Waals surface area contributed by atoms with E-state index in [-0.39, 0.29) is 18.4 Å². The van der Waals surface area contributed by atoms with Crippen molar-refractivity contribution < 1.29 is 14.6 Å². The Morgan fingerprint density at radius 3 is 3.11 bits per heavy atom. The number of aromatic amines is 1. The molecule has 0 saturated carbocycles. The third-order valence-electron chi connectivity index (χ3n) is 5.68. The molecule has 27 heavy (non-hydrogen) atoms. The van der Waals surface area contributed by atoms with Crippen LogP contribution >= 0.6 is 11.3 Å². The molecule has 1 saturated heterocycles. The lowest BCUT2D eigenvalue weighted by atomic mass is 9.74. The number of fused-ring (bicyclic) bond motifs is 3. The van der Waals surface area contributed by atoms with Crippen LogP contribution in [-0.2, 0) is 0 Å². The van der Waals surface area contributed by atoms with Gasteiger partial charge in [0, 0.05) is 30.0 Å². The number of carbonyl (C=O) groups is 1. The first-order chi connectivity index (χ1) is 13.2. The molecule has 1 fully saturated rings. The fourth-order valence-corrected chi connectivity index (χ4v) is 4.83. The number of likely N-dealkylation sites (tertiary alicyclic amines) is 1. The van der Waals surface area contributed by atoms with E-state index in [2.05, 4.69) is 10.2 Å². The monoisotopic (exact) mass is 381 g/mol. The largest absolute Gasteiger partial charge is 0.493 e. The van der Waals surface area contributed by atoms with E-state index in [0.29, 0.717) is 25.4 Å². The number of benzene rings is 1. The second kappa shape index (κ2) is 6.21. The van der Waals surface area contributed by atoms with E-state index in [0.717, 1.165) is 22.6 Å². The van der Waals surface area contributed by atoms with Gasteiger partial charge in [-0.15, -0.1) is 0 Å². The zero-order valence-electron chi connectivity index (χ0n) is 14.6. The van der Waals surface area contributed by atoms with Crippen LogP contribution in [-0.4, -0.2) is 52.4 Å². The predicted molar refractivity (Wildman–Crippen MR) is 102 cm³/mol. The van der Waals surface area contributed by atoms with Crippen LogP contribution in [0.15, 0.2) is 47.2 Å². The molecule has 2 aliphatic heterocycles. The quantitative estimate of drug-likeness (QED) is 0.731. The van der Waals surface area contributed by atoms with Crippen molar-refractivity contribution >= 4 is 17.2 Å². The van der Waals surface area contributed by atoms with Crippen molar-refractivity contribution in [3.8, 4) is 17.0 Å². The Labute approximate surface area is 160 Å². The van der Waals surface area contributed by atoms with E-state index in [1.165, 1.54) is 0 Å². The maximum absolute atomic E-state index is 13.1. The molecule has 2 aliphatic rings. The second-order valence-electron chi connectivity index (χ2n) is 7.26. The van der Waals surface area contributed by atoms with Gasteiger partial charge in [0.2, 0.25) is 0 Å². The van der Waals surface area contributed by atoms with Gasteiger partial charge in [0.05, 0.1) is 24.3 Å². The number of aromatic nitrogens is 2. The van der Waals surface area contributed by atoms with Crippen LogP contribution in [0.4, 0.5) is 0 Å². The smallest absolute Gasteiger partial charge is 0.271 e. The lowest BCUT2D eigenvalue weighted by molar-refractivity contribution is 0.0439. The topological polar surface area (TPSA) is 78.5 Å². The van der Waals surface area contributed by atoms with Crippen molar-refractivity contribution in [2.24, 2.45) is 5.41 Å². The Morgan fingerprint density at radius 1 is 1.41 bits per heavy atom. The van der Waals surface area contributed by atoms with Crippen LogP contribution in [0.3, 0.4) is 0 Å². The third-order valence-corrected chi connectivity index (χ3v) is 6.37. The molecule has 0 spiro atoms. The number of ether oxygens (including phenoxy) is 1. The van der Waals surface area contributed by atoms with Gasteiger partial charge in [-0.3, -0.25) is 9.89 Å². The van der Waals surface area contributed by atoms with Gasteiger partial charge in [-0.25, -0.2) is 0 Å². The van der Waals surface area contributed by atoms with Crippen molar-refractivity contribution in [3.63, 3.8) is 0 Å². The molecular formula is C20H19N3O3S. The Hall–Kier alpha value is -2.64. The summed E-state index contributed by atoms with van der Waals surface area (Å²) in [6.45, 7) is 1.43. The Bertz CT molecular complexity index is 984. The molecule has 0 aliphatic carbocycles. The number of hydrogen-bond acceptors (Lipinski definition) is 5. The molecular weight excluding hydrogens is 362 g/mol. The predicted octanol–water partition coefficient (Wildman–Crippen LogP) is 2.75. The number of carbonyl (C=O) groups excluding carboxylic acids is 1. The number of thiophene rings is 1. The van der Waals surface area contributed by atoms with Crippen LogP contribution in [0.5, 0.6) is 5.75 Å². The molecule has 4 heterocycles. The van der Waals surface area contributed by atoms with Crippen molar-refractivity contribution in [2.45, 2.75) is 5.92 Å². The van der Waals surface area contributed by atoms with E-state index in [9.17, 15) is 9.90 Å². The van der Waals surface area contributed by atoms with Crippen molar-refractivity contribution in [3.05, 3.63) is 58.4 Å². The van der Waals surface area contributed by atoms with Crippen LogP contribution < -0.4 is 4.74 Å². The van der Waals surface area contributed by atoms with Gasteiger partial charge in [0.15, 0.2) is 0 Å². The second-order valence-corrected chi connectivity index (χ2v) is 8.04. The molecule has 7 heteroatoms. The molecule has 0 unspecified atom stereocenters. The van der Waals surface area contributed by atoms with E-state index >= 15 is 0 Å². The van der Waals surface area contributed by atoms with Gasteiger partial charge in [-0.1, -0.05) is 18.2 Å². The van der Waals surface area contributed by atoms with E-state index in [1.54, 1.807) is 22.3 Å². The Balaban J connectivity index is 1.43.